The molecule has 112 valence electrons. The van der Waals surface area contributed by atoms with Crippen molar-refractivity contribution in [2.75, 3.05) is 23.7 Å². The van der Waals surface area contributed by atoms with Gasteiger partial charge in [0.2, 0.25) is 0 Å². The van der Waals surface area contributed by atoms with Crippen molar-refractivity contribution in [1.82, 2.24) is 15.4 Å². The zero-order valence-corrected chi connectivity index (χ0v) is 14.0. The second-order valence-corrected chi connectivity index (χ2v) is 6.74. The van der Waals surface area contributed by atoms with Crippen LogP contribution >= 0.6 is 21.6 Å². The third kappa shape index (κ3) is 7.75. The van der Waals surface area contributed by atoms with Crippen LogP contribution in [-0.2, 0) is 0 Å². The summed E-state index contributed by atoms with van der Waals surface area (Å²) in [6, 6.07) is 1.93. The lowest BCUT2D eigenvalue weighted by Gasteiger charge is -2.22. The van der Waals surface area contributed by atoms with E-state index in [0.717, 1.165) is 18.9 Å². The summed E-state index contributed by atoms with van der Waals surface area (Å²) < 4.78 is 0. The third-order valence-corrected chi connectivity index (χ3v) is 4.68. The monoisotopic (exact) mass is 312 g/mol. The van der Waals surface area contributed by atoms with Crippen LogP contribution in [0.25, 0.3) is 0 Å². The highest BCUT2D eigenvalue weighted by Crippen LogP contribution is 2.27. The van der Waals surface area contributed by atoms with Gasteiger partial charge in [-0.3, -0.25) is 0 Å². The molecule has 1 aliphatic heterocycles. The molecule has 1 aromatic heterocycles. The fourth-order valence-electron chi connectivity index (χ4n) is 1.64. The van der Waals surface area contributed by atoms with E-state index in [1.165, 1.54) is 31.4 Å². The van der Waals surface area contributed by atoms with E-state index >= 15 is 0 Å². The Morgan fingerprint density at radius 1 is 1.20 bits per heavy atom. The summed E-state index contributed by atoms with van der Waals surface area (Å²) in [6.07, 6.45) is 8.69. The molecule has 0 bridgehead atoms. The topological polar surface area (TPSA) is 41.9 Å². The fraction of sp³-hybridized carbons (Fsp3) is 0.643. The van der Waals surface area contributed by atoms with Crippen molar-refractivity contribution in [3.05, 3.63) is 23.7 Å². The molecule has 2 rings (SSSR count). The lowest BCUT2D eigenvalue weighted by molar-refractivity contribution is 0.661. The zero-order chi connectivity index (χ0) is 14.5. The second-order valence-electron chi connectivity index (χ2n) is 4.43. The molecular formula is C14H24N4S2. The SMILES string of the molecule is C1=CSSC1.CCCCN(CCCC)c1ccnnn1. The minimum atomic E-state index is 0.951. The maximum absolute atomic E-state index is 4.05. The Morgan fingerprint density at radius 2 is 1.95 bits per heavy atom. The van der Waals surface area contributed by atoms with Gasteiger partial charge >= 0.3 is 0 Å². The van der Waals surface area contributed by atoms with Crippen LogP contribution in [0, 0.1) is 0 Å². The molecule has 0 atom stereocenters. The minimum absolute atomic E-state index is 0.951. The van der Waals surface area contributed by atoms with E-state index in [4.69, 9.17) is 0 Å². The molecule has 1 aromatic rings. The first kappa shape index (κ1) is 17.3. The highest BCUT2D eigenvalue weighted by molar-refractivity contribution is 8.78. The predicted molar refractivity (Wildman–Crippen MR) is 91.0 cm³/mol. The normalized spacial score (nSPS) is 12.9. The Morgan fingerprint density at radius 3 is 2.35 bits per heavy atom. The number of hydrogen-bond donors (Lipinski definition) is 0. The Kier molecular flexibility index (Phi) is 10.4. The lowest BCUT2D eigenvalue weighted by Crippen LogP contribution is -2.26. The highest BCUT2D eigenvalue weighted by atomic mass is 33.1. The lowest BCUT2D eigenvalue weighted by atomic mass is 10.2. The Hall–Kier alpha value is -0.750. The molecule has 0 spiro atoms. The molecule has 4 nitrogen and oxygen atoms in total. The molecule has 6 heteroatoms. The number of aromatic nitrogens is 3. The van der Waals surface area contributed by atoms with Gasteiger partial charge in [0.25, 0.3) is 0 Å². The van der Waals surface area contributed by atoms with Crippen LogP contribution < -0.4 is 4.90 Å². The van der Waals surface area contributed by atoms with Gasteiger partial charge < -0.3 is 4.90 Å². The van der Waals surface area contributed by atoms with Crippen LogP contribution in [0.3, 0.4) is 0 Å². The van der Waals surface area contributed by atoms with Crippen LogP contribution in [0.5, 0.6) is 0 Å². The number of unbranched alkanes of at least 4 members (excludes halogenated alkanes) is 2. The summed E-state index contributed by atoms with van der Waals surface area (Å²) in [5, 5.41) is 13.5. The van der Waals surface area contributed by atoms with Crippen molar-refractivity contribution in [3.63, 3.8) is 0 Å². The Labute approximate surface area is 130 Å². The van der Waals surface area contributed by atoms with Crippen molar-refractivity contribution in [2.45, 2.75) is 39.5 Å². The number of nitrogens with zero attached hydrogens (tertiary/aromatic N) is 4. The van der Waals surface area contributed by atoms with Gasteiger partial charge in [-0.1, -0.05) is 54.4 Å². The molecule has 0 N–H and O–H groups in total. The molecule has 0 aromatic carbocycles. The van der Waals surface area contributed by atoms with Crippen molar-refractivity contribution < 1.29 is 0 Å². The summed E-state index contributed by atoms with van der Waals surface area (Å²) in [5.74, 6) is 2.15. The van der Waals surface area contributed by atoms with Crippen LogP contribution in [0.4, 0.5) is 5.82 Å². The van der Waals surface area contributed by atoms with Gasteiger partial charge in [0.1, 0.15) is 0 Å². The van der Waals surface area contributed by atoms with E-state index in [1.54, 1.807) is 6.20 Å². The molecule has 2 heterocycles. The average molecular weight is 313 g/mol. The van der Waals surface area contributed by atoms with Crippen LogP contribution in [0.2, 0.25) is 0 Å². The minimum Gasteiger partial charge on any atom is -0.355 e. The van der Waals surface area contributed by atoms with Crippen LogP contribution in [-0.4, -0.2) is 34.3 Å². The molecule has 0 radical (unpaired) electrons. The van der Waals surface area contributed by atoms with E-state index in [0.29, 0.717) is 0 Å². The number of rotatable bonds is 7. The van der Waals surface area contributed by atoms with E-state index in [-0.39, 0.29) is 0 Å². The molecule has 0 fully saturated rings. The number of anilines is 1. The van der Waals surface area contributed by atoms with Gasteiger partial charge in [0.05, 0.1) is 6.20 Å². The fourth-order valence-corrected chi connectivity index (χ4v) is 3.21. The third-order valence-electron chi connectivity index (χ3n) is 2.76. The maximum atomic E-state index is 4.05. The van der Waals surface area contributed by atoms with E-state index < -0.39 is 0 Å². The standard InChI is InChI=1S/C11H20N4.C3H4S2/c1-3-5-9-15(10-6-4-2)11-7-8-12-14-13-11;1-2-4-5-3-1/h7-8H,3-6,9-10H2,1-2H3;1-2H,3H2. The highest BCUT2D eigenvalue weighted by Gasteiger charge is 2.06. The molecular weight excluding hydrogens is 288 g/mol. The summed E-state index contributed by atoms with van der Waals surface area (Å²) in [4.78, 5) is 2.29. The van der Waals surface area contributed by atoms with Gasteiger partial charge in [-0.15, -0.1) is 10.2 Å². The molecule has 0 amide bonds. The van der Waals surface area contributed by atoms with Gasteiger partial charge in [-0.2, -0.15) is 0 Å². The Balaban J connectivity index is 0.000000333. The van der Waals surface area contributed by atoms with Gasteiger partial charge in [0, 0.05) is 24.9 Å². The molecule has 1 aliphatic rings. The Bertz CT molecular complexity index is 345. The van der Waals surface area contributed by atoms with Gasteiger partial charge in [-0.25, -0.2) is 0 Å². The van der Waals surface area contributed by atoms with Gasteiger partial charge in [-0.05, 0) is 23.5 Å². The largest absolute Gasteiger partial charge is 0.355 e. The number of hydrogen-bond acceptors (Lipinski definition) is 6. The van der Waals surface area contributed by atoms with E-state index in [9.17, 15) is 0 Å². The van der Waals surface area contributed by atoms with Gasteiger partial charge in [0.15, 0.2) is 5.82 Å². The van der Waals surface area contributed by atoms with Crippen molar-refractivity contribution in [1.29, 1.82) is 0 Å². The quantitative estimate of drug-likeness (QED) is 0.704. The first-order chi connectivity index (χ1) is 9.88. The molecule has 0 saturated heterocycles. The van der Waals surface area contributed by atoms with Crippen molar-refractivity contribution in [3.8, 4) is 0 Å². The second kappa shape index (κ2) is 12.0. The smallest absolute Gasteiger partial charge is 0.154 e. The van der Waals surface area contributed by atoms with Crippen molar-refractivity contribution in [2.24, 2.45) is 0 Å². The first-order valence-electron chi connectivity index (χ1n) is 7.21. The average Bonchev–Trinajstić information content (AvgIpc) is 3.08. The first-order valence-corrected chi connectivity index (χ1v) is 9.59. The van der Waals surface area contributed by atoms with Crippen LogP contribution in [0.1, 0.15) is 39.5 Å². The van der Waals surface area contributed by atoms with Crippen LogP contribution in [0.15, 0.2) is 23.7 Å². The van der Waals surface area contributed by atoms with Crippen molar-refractivity contribution >= 4 is 27.4 Å². The predicted octanol–water partition coefficient (Wildman–Crippen LogP) is 4.17. The zero-order valence-electron chi connectivity index (χ0n) is 12.4. The summed E-state index contributed by atoms with van der Waals surface area (Å²) in [6.45, 7) is 6.54. The molecule has 0 aliphatic carbocycles. The summed E-state index contributed by atoms with van der Waals surface area (Å²) in [5.41, 5.74) is 0. The molecule has 0 saturated carbocycles. The molecule has 20 heavy (non-hydrogen) atoms. The summed E-state index contributed by atoms with van der Waals surface area (Å²) in [7, 11) is 3.69. The van der Waals surface area contributed by atoms with E-state index in [1.807, 2.05) is 27.7 Å². The summed E-state index contributed by atoms with van der Waals surface area (Å²) >= 11 is 0. The van der Waals surface area contributed by atoms with E-state index in [2.05, 4.69) is 45.6 Å². The maximum Gasteiger partial charge on any atom is 0.154 e. The molecule has 0 unspecified atom stereocenters.